The molecule has 1 amide bonds. The summed E-state index contributed by atoms with van der Waals surface area (Å²) in [6.45, 7) is 2.39. The first kappa shape index (κ1) is 22.0. The molecule has 1 aromatic carbocycles. The van der Waals surface area contributed by atoms with E-state index in [1.807, 2.05) is 12.3 Å². The smallest absolute Gasteiger partial charge is 0.252 e. The molecule has 28 heavy (non-hydrogen) atoms. The molecule has 1 fully saturated rings. The van der Waals surface area contributed by atoms with E-state index >= 15 is 0 Å². The van der Waals surface area contributed by atoms with Gasteiger partial charge in [-0.05, 0) is 44.1 Å². The lowest BCUT2D eigenvalue weighted by Gasteiger charge is -2.36. The Balaban J connectivity index is 0.00000280. The Bertz CT molecular complexity index is 748. The van der Waals surface area contributed by atoms with Gasteiger partial charge >= 0.3 is 0 Å². The van der Waals surface area contributed by atoms with E-state index in [9.17, 15) is 4.79 Å². The van der Waals surface area contributed by atoms with Crippen molar-refractivity contribution in [3.63, 3.8) is 0 Å². The molecule has 1 saturated heterocycles. The zero-order chi connectivity index (χ0) is 19.1. The Hall–Kier alpha value is -2.29. The summed E-state index contributed by atoms with van der Waals surface area (Å²) >= 11 is 0. The second-order valence-corrected chi connectivity index (χ2v) is 6.39. The minimum absolute atomic E-state index is 0. The summed E-state index contributed by atoms with van der Waals surface area (Å²) < 4.78 is 17.8. The topological polar surface area (TPSA) is 86.6 Å². The number of anilines is 1. The van der Waals surface area contributed by atoms with E-state index in [2.05, 4.69) is 15.7 Å². The summed E-state index contributed by atoms with van der Waals surface area (Å²) in [5, 5.41) is 10.7. The number of halogens is 1. The van der Waals surface area contributed by atoms with Crippen molar-refractivity contribution in [3.05, 3.63) is 36.7 Å². The van der Waals surface area contributed by atoms with Crippen molar-refractivity contribution in [2.45, 2.75) is 18.4 Å². The third-order valence-electron chi connectivity index (χ3n) is 4.76. The van der Waals surface area contributed by atoms with Gasteiger partial charge in [-0.25, -0.2) is 0 Å². The number of hydrogen-bond donors (Lipinski definition) is 2. The molecule has 0 unspecified atom stereocenters. The van der Waals surface area contributed by atoms with E-state index < -0.39 is 5.54 Å². The van der Waals surface area contributed by atoms with Crippen LogP contribution in [0.1, 0.15) is 12.8 Å². The number of nitrogens with zero attached hydrogens (tertiary/aromatic N) is 2. The highest BCUT2D eigenvalue weighted by atomic mass is 35.5. The van der Waals surface area contributed by atoms with Crippen molar-refractivity contribution < 1.29 is 19.0 Å². The molecule has 0 saturated carbocycles. The van der Waals surface area contributed by atoms with E-state index in [0.717, 1.165) is 13.1 Å². The first-order valence-corrected chi connectivity index (χ1v) is 9.02. The monoisotopic (exact) mass is 410 g/mol. The minimum Gasteiger partial charge on any atom is -0.493 e. The average molecular weight is 411 g/mol. The molecule has 1 aliphatic rings. The zero-order valence-electron chi connectivity index (χ0n) is 16.1. The second kappa shape index (κ2) is 10.3. The molecule has 2 N–H and O–H groups in total. The Labute approximate surface area is 170 Å². The zero-order valence-corrected chi connectivity index (χ0v) is 17.0. The van der Waals surface area contributed by atoms with Gasteiger partial charge in [-0.3, -0.25) is 9.48 Å². The number of rotatable bonds is 8. The highest BCUT2D eigenvalue weighted by Gasteiger charge is 2.42. The summed E-state index contributed by atoms with van der Waals surface area (Å²) in [6.07, 6.45) is 4.89. The molecule has 0 spiro atoms. The summed E-state index contributed by atoms with van der Waals surface area (Å²) in [4.78, 5) is 13.2. The number of carbonyl (C=O) groups is 1. The maximum Gasteiger partial charge on any atom is 0.252 e. The van der Waals surface area contributed by atoms with Crippen LogP contribution in [0.4, 0.5) is 5.69 Å². The molecule has 8 nitrogen and oxygen atoms in total. The fourth-order valence-electron chi connectivity index (χ4n) is 3.27. The molecule has 2 aromatic rings. The summed E-state index contributed by atoms with van der Waals surface area (Å²) in [5.74, 6) is 1.08. The van der Waals surface area contributed by atoms with Gasteiger partial charge in [0.2, 0.25) is 0 Å². The average Bonchev–Trinajstić information content (AvgIpc) is 3.24. The number of benzene rings is 1. The lowest BCUT2D eigenvalue weighted by Crippen LogP contribution is -2.52. The van der Waals surface area contributed by atoms with Gasteiger partial charge in [-0.2, -0.15) is 5.10 Å². The molecule has 3 rings (SSSR count). The molecule has 1 aliphatic heterocycles. The van der Waals surface area contributed by atoms with E-state index in [-0.39, 0.29) is 18.3 Å². The van der Waals surface area contributed by atoms with Gasteiger partial charge in [0.05, 0.1) is 13.7 Å². The van der Waals surface area contributed by atoms with Gasteiger partial charge in [-0.1, -0.05) is 0 Å². The summed E-state index contributed by atoms with van der Waals surface area (Å²) in [5.41, 5.74) is -0.0514. The Morgan fingerprint density at radius 3 is 2.68 bits per heavy atom. The van der Waals surface area contributed by atoms with E-state index in [0.29, 0.717) is 43.2 Å². The Kier molecular flexibility index (Phi) is 8.10. The van der Waals surface area contributed by atoms with Crippen molar-refractivity contribution in [1.82, 2.24) is 15.1 Å². The normalized spacial score (nSPS) is 15.4. The lowest BCUT2D eigenvalue weighted by atomic mass is 9.87. The quantitative estimate of drug-likeness (QED) is 0.648. The number of piperidine rings is 1. The highest BCUT2D eigenvalue weighted by molar-refractivity contribution is 5.97. The Morgan fingerprint density at radius 2 is 2.04 bits per heavy atom. The molecule has 0 radical (unpaired) electrons. The molecule has 0 atom stereocenters. The number of aromatic nitrogens is 2. The number of methoxy groups -OCH3 is 2. The van der Waals surface area contributed by atoms with Crippen molar-refractivity contribution in [3.8, 4) is 11.5 Å². The van der Waals surface area contributed by atoms with E-state index in [1.54, 1.807) is 43.3 Å². The molecule has 154 valence electrons. The standard InChI is InChI=1S/C19H26N4O4.ClH/c1-25-12-13-27-17-14-15(4-5-16(17)26-2)22-18(24)19(6-9-20-10-7-19)23-11-3-8-21-23;/h3-5,8,11,14,20H,6-7,9-10,12-13H2,1-2H3,(H,22,24);1H. The summed E-state index contributed by atoms with van der Waals surface area (Å²) in [7, 11) is 3.20. The number of nitrogens with one attached hydrogen (secondary N) is 2. The number of amides is 1. The number of hydrogen-bond acceptors (Lipinski definition) is 6. The summed E-state index contributed by atoms with van der Waals surface area (Å²) in [6, 6.07) is 7.19. The third kappa shape index (κ3) is 4.76. The fourth-order valence-corrected chi connectivity index (χ4v) is 3.27. The molecule has 2 heterocycles. The largest absolute Gasteiger partial charge is 0.493 e. The molecule has 0 aliphatic carbocycles. The van der Waals surface area contributed by atoms with Crippen molar-refractivity contribution >= 4 is 24.0 Å². The van der Waals surface area contributed by atoms with Crippen LogP contribution in [-0.4, -0.2) is 56.2 Å². The van der Waals surface area contributed by atoms with Gasteiger partial charge in [0.25, 0.3) is 5.91 Å². The molecular formula is C19H27ClN4O4. The van der Waals surface area contributed by atoms with Crippen LogP contribution in [0.2, 0.25) is 0 Å². The predicted molar refractivity (Wildman–Crippen MR) is 109 cm³/mol. The third-order valence-corrected chi connectivity index (χ3v) is 4.76. The van der Waals surface area contributed by atoms with Crippen LogP contribution in [0.5, 0.6) is 11.5 Å². The molecule has 0 bridgehead atoms. The lowest BCUT2D eigenvalue weighted by molar-refractivity contribution is -0.126. The van der Waals surface area contributed by atoms with Crippen LogP contribution < -0.4 is 20.1 Å². The van der Waals surface area contributed by atoms with Crippen LogP contribution in [0.15, 0.2) is 36.7 Å². The minimum atomic E-state index is -0.703. The number of ether oxygens (including phenoxy) is 3. The first-order valence-electron chi connectivity index (χ1n) is 9.02. The van der Waals surface area contributed by atoms with E-state index in [1.165, 1.54) is 0 Å². The maximum absolute atomic E-state index is 13.2. The SMILES string of the molecule is COCCOc1cc(NC(=O)C2(n3cccn3)CCNCC2)ccc1OC.Cl. The second-order valence-electron chi connectivity index (χ2n) is 6.39. The van der Waals surface area contributed by atoms with Gasteiger partial charge in [-0.15, -0.1) is 12.4 Å². The van der Waals surface area contributed by atoms with Crippen LogP contribution in [0.3, 0.4) is 0 Å². The Morgan fingerprint density at radius 1 is 1.25 bits per heavy atom. The molecular weight excluding hydrogens is 384 g/mol. The van der Waals surface area contributed by atoms with Crippen LogP contribution in [0, 0.1) is 0 Å². The molecule has 1 aromatic heterocycles. The van der Waals surface area contributed by atoms with E-state index in [4.69, 9.17) is 14.2 Å². The van der Waals surface area contributed by atoms with Crippen LogP contribution >= 0.6 is 12.4 Å². The molecule has 9 heteroatoms. The first-order chi connectivity index (χ1) is 13.2. The van der Waals surface area contributed by atoms with Gasteiger partial charge < -0.3 is 24.8 Å². The van der Waals surface area contributed by atoms with Crippen molar-refractivity contribution in [1.29, 1.82) is 0 Å². The van der Waals surface area contributed by atoms with Crippen LogP contribution in [0.25, 0.3) is 0 Å². The van der Waals surface area contributed by atoms with Gasteiger partial charge in [0, 0.05) is 31.3 Å². The highest BCUT2D eigenvalue weighted by Crippen LogP contribution is 2.33. The van der Waals surface area contributed by atoms with Crippen LogP contribution in [-0.2, 0) is 15.1 Å². The fraction of sp³-hybridized carbons (Fsp3) is 0.474. The number of carbonyl (C=O) groups excluding carboxylic acids is 1. The van der Waals surface area contributed by atoms with Gasteiger partial charge in [0.15, 0.2) is 11.5 Å². The van der Waals surface area contributed by atoms with Gasteiger partial charge in [0.1, 0.15) is 12.1 Å². The predicted octanol–water partition coefficient (Wildman–Crippen LogP) is 2.06. The van der Waals surface area contributed by atoms with Crippen molar-refractivity contribution in [2.75, 3.05) is 45.8 Å². The van der Waals surface area contributed by atoms with Crippen molar-refractivity contribution in [2.24, 2.45) is 0 Å². The maximum atomic E-state index is 13.2.